The van der Waals surface area contributed by atoms with E-state index in [0.717, 1.165) is 31.2 Å². The maximum Gasteiger partial charge on any atom is 0.421 e. The molecule has 4 rings (SSSR count). The average Bonchev–Trinajstić information content (AvgIpc) is 3.65. The lowest BCUT2D eigenvalue weighted by Crippen LogP contribution is -2.49. The first kappa shape index (κ1) is 24.2. The number of rotatable bonds is 5. The number of aliphatic hydroxyl groups is 1. The summed E-state index contributed by atoms with van der Waals surface area (Å²) in [6.07, 6.45) is -0.177. The van der Waals surface area contributed by atoms with Crippen molar-refractivity contribution in [1.29, 1.82) is 5.26 Å². The molecule has 3 N–H and O–H groups in total. The molecule has 0 unspecified atom stereocenters. The molecular formula is C26H28F3N3O2. The van der Waals surface area contributed by atoms with Crippen LogP contribution in [0.1, 0.15) is 72.5 Å². The van der Waals surface area contributed by atoms with E-state index < -0.39 is 17.3 Å². The Labute approximate surface area is 197 Å². The van der Waals surface area contributed by atoms with Gasteiger partial charge in [0.25, 0.3) is 5.91 Å². The zero-order chi connectivity index (χ0) is 24.7. The Morgan fingerprint density at radius 3 is 2.03 bits per heavy atom. The molecule has 1 atom stereocenters. The molecule has 2 aromatic rings. The largest absolute Gasteiger partial charge is 0.421 e. The minimum absolute atomic E-state index is 0.00742. The van der Waals surface area contributed by atoms with Crippen molar-refractivity contribution in [3.8, 4) is 6.07 Å². The van der Waals surface area contributed by atoms with Gasteiger partial charge in [-0.3, -0.25) is 4.79 Å². The van der Waals surface area contributed by atoms with Crippen LogP contribution in [0, 0.1) is 11.3 Å². The molecule has 2 saturated carbocycles. The van der Waals surface area contributed by atoms with Gasteiger partial charge in [-0.1, -0.05) is 24.3 Å². The SMILES string of the molecule is C[C@](O)(c1ccc(C(=O)N(C2CC2)[C@H]2CC[C@](N)(c3ccc(C#N)cc3)CC2)cc1)C(F)(F)F. The van der Waals surface area contributed by atoms with Crippen LogP contribution in [0.4, 0.5) is 13.2 Å². The lowest BCUT2D eigenvalue weighted by atomic mass is 9.75. The molecule has 0 spiro atoms. The highest BCUT2D eigenvalue weighted by molar-refractivity contribution is 5.95. The highest BCUT2D eigenvalue weighted by Crippen LogP contribution is 2.41. The van der Waals surface area contributed by atoms with Gasteiger partial charge in [-0.15, -0.1) is 0 Å². The van der Waals surface area contributed by atoms with Crippen molar-refractivity contribution >= 4 is 5.91 Å². The van der Waals surface area contributed by atoms with Crippen LogP contribution in [0.2, 0.25) is 0 Å². The number of hydrogen-bond acceptors (Lipinski definition) is 4. The highest BCUT2D eigenvalue weighted by atomic mass is 19.4. The fraction of sp³-hybridized carbons (Fsp3) is 0.462. The van der Waals surface area contributed by atoms with E-state index >= 15 is 0 Å². The summed E-state index contributed by atoms with van der Waals surface area (Å²) < 4.78 is 39.4. The first-order chi connectivity index (χ1) is 16.0. The second kappa shape index (κ2) is 8.71. The number of nitriles is 1. The zero-order valence-electron chi connectivity index (χ0n) is 19.0. The summed E-state index contributed by atoms with van der Waals surface area (Å²) in [4.78, 5) is 15.2. The summed E-state index contributed by atoms with van der Waals surface area (Å²) in [5.74, 6) is -0.200. The van der Waals surface area contributed by atoms with Gasteiger partial charge in [0.2, 0.25) is 0 Å². The number of halogens is 3. The van der Waals surface area contributed by atoms with E-state index in [1.165, 1.54) is 24.3 Å². The molecule has 180 valence electrons. The molecule has 2 aromatic carbocycles. The maximum absolute atomic E-state index is 13.4. The number of benzene rings is 2. The van der Waals surface area contributed by atoms with Gasteiger partial charge in [0.05, 0.1) is 11.6 Å². The molecule has 8 heteroatoms. The van der Waals surface area contributed by atoms with Crippen LogP contribution in [-0.2, 0) is 11.1 Å². The Morgan fingerprint density at radius 1 is 1.03 bits per heavy atom. The summed E-state index contributed by atoms with van der Waals surface area (Å²) in [5.41, 5.74) is 4.76. The molecule has 2 fully saturated rings. The second-order valence-corrected chi connectivity index (χ2v) is 9.67. The predicted octanol–water partition coefficient (Wildman–Crippen LogP) is 4.73. The Hall–Kier alpha value is -2.89. The van der Waals surface area contributed by atoms with Crippen LogP contribution >= 0.6 is 0 Å². The van der Waals surface area contributed by atoms with Crippen molar-refractivity contribution in [2.45, 2.75) is 74.8 Å². The Bertz CT molecular complexity index is 1080. The van der Waals surface area contributed by atoms with Crippen LogP contribution in [-0.4, -0.2) is 34.2 Å². The van der Waals surface area contributed by atoms with Gasteiger partial charge < -0.3 is 15.7 Å². The average molecular weight is 472 g/mol. The number of hydrogen-bond donors (Lipinski definition) is 2. The van der Waals surface area contributed by atoms with Crippen molar-refractivity contribution in [2.24, 2.45) is 5.73 Å². The Kier molecular flexibility index (Phi) is 6.21. The first-order valence-electron chi connectivity index (χ1n) is 11.5. The van der Waals surface area contributed by atoms with E-state index in [9.17, 15) is 23.1 Å². The van der Waals surface area contributed by atoms with E-state index in [1.54, 1.807) is 12.1 Å². The molecule has 0 radical (unpaired) electrons. The van der Waals surface area contributed by atoms with Crippen molar-refractivity contribution in [3.05, 3.63) is 70.8 Å². The van der Waals surface area contributed by atoms with Crippen molar-refractivity contribution in [1.82, 2.24) is 4.90 Å². The van der Waals surface area contributed by atoms with Gasteiger partial charge in [-0.2, -0.15) is 18.4 Å². The number of nitrogens with zero attached hydrogens (tertiary/aromatic N) is 2. The number of nitrogens with two attached hydrogens (primary N) is 1. The summed E-state index contributed by atoms with van der Waals surface area (Å²) in [6.45, 7) is 0.704. The second-order valence-electron chi connectivity index (χ2n) is 9.67. The molecule has 0 saturated heterocycles. The van der Waals surface area contributed by atoms with Crippen LogP contribution in [0.25, 0.3) is 0 Å². The number of carbonyl (C=O) groups excluding carboxylic acids is 1. The summed E-state index contributed by atoms with van der Waals surface area (Å²) in [5, 5.41) is 18.9. The van der Waals surface area contributed by atoms with Gasteiger partial charge in [0.15, 0.2) is 5.60 Å². The number of carbonyl (C=O) groups is 1. The lowest BCUT2D eigenvalue weighted by Gasteiger charge is -2.42. The van der Waals surface area contributed by atoms with E-state index in [0.29, 0.717) is 30.9 Å². The maximum atomic E-state index is 13.4. The standard InChI is InChI=1S/C26H28F3N3O2/c1-24(34,26(27,28)29)19-8-4-18(5-9-19)23(33)32(21-10-11-21)22-12-14-25(31,15-13-22)20-6-2-17(16-30)3-7-20/h2-9,21-22,34H,10-15,31H2,1H3/t22-,24-,25+/m0/s1. The third-order valence-electron chi connectivity index (χ3n) is 7.25. The molecule has 2 aliphatic rings. The molecule has 0 bridgehead atoms. The zero-order valence-corrected chi connectivity index (χ0v) is 19.0. The van der Waals surface area contributed by atoms with Gasteiger partial charge in [0.1, 0.15) is 0 Å². The minimum atomic E-state index is -4.82. The topological polar surface area (TPSA) is 90.3 Å². The molecule has 1 amide bonds. The quantitative estimate of drug-likeness (QED) is 0.660. The summed E-state index contributed by atoms with van der Waals surface area (Å²) in [6, 6.07) is 14.6. The lowest BCUT2D eigenvalue weighted by molar-refractivity contribution is -0.258. The van der Waals surface area contributed by atoms with Gasteiger partial charge >= 0.3 is 6.18 Å². The fourth-order valence-electron chi connectivity index (χ4n) is 4.79. The molecule has 5 nitrogen and oxygen atoms in total. The third-order valence-corrected chi connectivity index (χ3v) is 7.25. The van der Waals surface area contributed by atoms with E-state index in [1.807, 2.05) is 17.0 Å². The normalized spacial score (nSPS) is 24.7. The van der Waals surface area contributed by atoms with Crippen molar-refractivity contribution in [3.63, 3.8) is 0 Å². The molecular weight excluding hydrogens is 443 g/mol. The van der Waals surface area contributed by atoms with Crippen LogP contribution in [0.15, 0.2) is 48.5 Å². The summed E-state index contributed by atoms with van der Waals surface area (Å²) in [7, 11) is 0. The molecule has 0 aliphatic heterocycles. The summed E-state index contributed by atoms with van der Waals surface area (Å²) >= 11 is 0. The van der Waals surface area contributed by atoms with Crippen molar-refractivity contribution < 1.29 is 23.1 Å². The highest BCUT2D eigenvalue weighted by Gasteiger charge is 2.51. The predicted molar refractivity (Wildman–Crippen MR) is 121 cm³/mol. The first-order valence-corrected chi connectivity index (χ1v) is 11.5. The van der Waals surface area contributed by atoms with E-state index in [4.69, 9.17) is 11.0 Å². The number of alkyl halides is 3. The van der Waals surface area contributed by atoms with Crippen molar-refractivity contribution in [2.75, 3.05) is 0 Å². The van der Waals surface area contributed by atoms with E-state index in [-0.39, 0.29) is 23.6 Å². The van der Waals surface area contributed by atoms with Crippen LogP contribution in [0.3, 0.4) is 0 Å². The molecule has 0 heterocycles. The van der Waals surface area contributed by atoms with Crippen LogP contribution < -0.4 is 5.73 Å². The smallest absolute Gasteiger partial charge is 0.376 e. The van der Waals surface area contributed by atoms with Gasteiger partial charge in [-0.05, 0) is 80.8 Å². The Morgan fingerprint density at radius 2 is 1.56 bits per heavy atom. The third kappa shape index (κ3) is 4.55. The molecule has 2 aliphatic carbocycles. The molecule has 0 aromatic heterocycles. The molecule has 34 heavy (non-hydrogen) atoms. The van der Waals surface area contributed by atoms with E-state index in [2.05, 4.69) is 6.07 Å². The van der Waals surface area contributed by atoms with Gasteiger partial charge in [0, 0.05) is 23.2 Å². The van der Waals surface area contributed by atoms with Gasteiger partial charge in [-0.25, -0.2) is 0 Å². The minimum Gasteiger partial charge on any atom is -0.376 e. The fourth-order valence-corrected chi connectivity index (χ4v) is 4.79. The number of amides is 1. The Balaban J connectivity index is 1.48. The van der Waals surface area contributed by atoms with Crippen LogP contribution in [0.5, 0.6) is 0 Å². The monoisotopic (exact) mass is 471 g/mol.